The molecule has 0 radical (unpaired) electrons. The summed E-state index contributed by atoms with van der Waals surface area (Å²) >= 11 is 1.04. The van der Waals surface area contributed by atoms with Gasteiger partial charge in [0, 0.05) is 19.3 Å². The molecule has 0 aliphatic rings. The maximum absolute atomic E-state index is 11.7. The van der Waals surface area contributed by atoms with Crippen LogP contribution in [-0.2, 0) is 9.84 Å². The average Bonchev–Trinajstić information content (AvgIpc) is 2.54. The first-order valence-electron chi connectivity index (χ1n) is 5.49. The molecule has 0 saturated heterocycles. The highest BCUT2D eigenvalue weighted by atomic mass is 32.2. The van der Waals surface area contributed by atoms with Gasteiger partial charge in [-0.15, -0.1) is 0 Å². The van der Waals surface area contributed by atoms with E-state index in [4.69, 9.17) is 5.73 Å². The predicted molar refractivity (Wildman–Crippen MR) is 73.8 cm³/mol. The smallest absolute Gasteiger partial charge is 0.182 e. The van der Waals surface area contributed by atoms with Crippen LogP contribution in [0.25, 0.3) is 0 Å². The molecule has 0 amide bonds. The summed E-state index contributed by atoms with van der Waals surface area (Å²) in [4.78, 5) is 1.82. The summed E-state index contributed by atoms with van der Waals surface area (Å²) in [7, 11) is -3.43. The first kappa shape index (κ1) is 15.2. The fourth-order valence-electron chi connectivity index (χ4n) is 1.63. The minimum atomic E-state index is -3.43. The minimum Gasteiger partial charge on any atom is -0.389 e. The van der Waals surface area contributed by atoms with E-state index in [2.05, 4.69) is 4.37 Å². The lowest BCUT2D eigenvalue weighted by Crippen LogP contribution is -2.38. The number of anilines is 2. The largest absolute Gasteiger partial charge is 0.389 e. The van der Waals surface area contributed by atoms with E-state index in [-0.39, 0.29) is 10.7 Å². The number of rotatable bonds is 5. The van der Waals surface area contributed by atoms with E-state index in [1.54, 1.807) is 18.7 Å². The number of nitrogen functional groups attached to an aromatic ring is 1. The molecule has 0 aromatic carbocycles. The number of aliphatic hydroxyl groups is 1. The Labute approximate surface area is 112 Å². The fraction of sp³-hybridized carbons (Fsp3) is 0.700. The third-order valence-corrected chi connectivity index (χ3v) is 4.47. The van der Waals surface area contributed by atoms with Crippen molar-refractivity contribution in [2.24, 2.45) is 0 Å². The van der Waals surface area contributed by atoms with Crippen molar-refractivity contribution in [2.45, 2.75) is 31.3 Å². The van der Waals surface area contributed by atoms with Crippen LogP contribution < -0.4 is 10.6 Å². The quantitative estimate of drug-likeness (QED) is 0.830. The predicted octanol–water partition coefficient (Wildman–Crippen LogP) is 0.726. The van der Waals surface area contributed by atoms with Crippen molar-refractivity contribution in [3.63, 3.8) is 0 Å². The van der Waals surface area contributed by atoms with Crippen molar-refractivity contribution >= 4 is 32.2 Å². The molecule has 0 spiro atoms. The average molecular weight is 293 g/mol. The van der Waals surface area contributed by atoms with Gasteiger partial charge in [-0.2, -0.15) is 4.37 Å². The number of hydrogen-bond donors (Lipinski definition) is 2. The van der Waals surface area contributed by atoms with E-state index >= 15 is 0 Å². The van der Waals surface area contributed by atoms with Gasteiger partial charge < -0.3 is 15.7 Å². The minimum absolute atomic E-state index is 0.0201. The van der Waals surface area contributed by atoms with Crippen LogP contribution in [0.2, 0.25) is 0 Å². The molecular weight excluding hydrogens is 274 g/mol. The molecule has 1 aromatic rings. The summed E-state index contributed by atoms with van der Waals surface area (Å²) in [5.74, 6) is 0.0201. The van der Waals surface area contributed by atoms with Crippen LogP contribution in [0.1, 0.15) is 20.8 Å². The Morgan fingerprint density at radius 3 is 2.44 bits per heavy atom. The second-order valence-corrected chi connectivity index (χ2v) is 7.51. The van der Waals surface area contributed by atoms with E-state index in [9.17, 15) is 13.5 Å². The number of sulfone groups is 1. The molecule has 0 bridgehead atoms. The van der Waals surface area contributed by atoms with Crippen molar-refractivity contribution in [3.8, 4) is 0 Å². The topological polar surface area (TPSA) is 96.5 Å². The van der Waals surface area contributed by atoms with Crippen molar-refractivity contribution in [1.29, 1.82) is 0 Å². The Bertz CT molecular complexity index is 517. The van der Waals surface area contributed by atoms with Crippen LogP contribution in [0.3, 0.4) is 0 Å². The van der Waals surface area contributed by atoms with Gasteiger partial charge >= 0.3 is 0 Å². The Hall–Kier alpha value is -0.860. The number of hydrogen-bond acceptors (Lipinski definition) is 7. The Balaban J connectivity index is 3.24. The molecule has 104 valence electrons. The van der Waals surface area contributed by atoms with E-state index in [0.29, 0.717) is 18.1 Å². The van der Waals surface area contributed by atoms with E-state index in [1.807, 2.05) is 6.92 Å². The second-order valence-electron chi connectivity index (χ2n) is 4.80. The molecule has 1 aromatic heterocycles. The Kier molecular flexibility index (Phi) is 4.24. The summed E-state index contributed by atoms with van der Waals surface area (Å²) in [5, 5.41) is 10.3. The molecule has 0 unspecified atom stereocenters. The van der Waals surface area contributed by atoms with Crippen molar-refractivity contribution in [2.75, 3.05) is 30.0 Å². The molecule has 6 nitrogen and oxygen atoms in total. The van der Waals surface area contributed by atoms with E-state index in [0.717, 1.165) is 17.8 Å². The zero-order valence-corrected chi connectivity index (χ0v) is 12.6. The molecular formula is C10H19N3O3S2. The van der Waals surface area contributed by atoms with Gasteiger partial charge in [0.05, 0.1) is 5.60 Å². The van der Waals surface area contributed by atoms with Crippen LogP contribution in [0.15, 0.2) is 4.90 Å². The molecule has 0 atom stereocenters. The molecule has 0 aliphatic carbocycles. The molecule has 3 N–H and O–H groups in total. The van der Waals surface area contributed by atoms with Crippen LogP contribution in [0.5, 0.6) is 0 Å². The fourth-order valence-corrected chi connectivity index (χ4v) is 3.90. The molecule has 8 heteroatoms. The van der Waals surface area contributed by atoms with Crippen molar-refractivity contribution in [1.82, 2.24) is 4.37 Å². The van der Waals surface area contributed by atoms with Gasteiger partial charge in [-0.25, -0.2) is 8.42 Å². The molecule has 0 aliphatic heterocycles. The standard InChI is InChI=1S/C10H19N3O3S2/c1-5-13(6-10(2,3)14)9-7(18(4,15)16)8(11)12-17-9/h14H,5-6H2,1-4H3,(H2,11,12). The van der Waals surface area contributed by atoms with E-state index in [1.165, 1.54) is 0 Å². The van der Waals surface area contributed by atoms with Crippen LogP contribution >= 0.6 is 11.5 Å². The van der Waals surface area contributed by atoms with Gasteiger partial charge in [-0.05, 0) is 32.3 Å². The number of nitrogens with two attached hydrogens (primary N) is 1. The summed E-state index contributed by atoms with van der Waals surface area (Å²) in [6.45, 7) is 6.09. The van der Waals surface area contributed by atoms with Gasteiger partial charge in [-0.1, -0.05) is 0 Å². The lowest BCUT2D eigenvalue weighted by Gasteiger charge is -2.28. The van der Waals surface area contributed by atoms with Crippen LogP contribution in [0.4, 0.5) is 10.8 Å². The lowest BCUT2D eigenvalue weighted by atomic mass is 10.1. The molecule has 1 heterocycles. The maximum atomic E-state index is 11.7. The van der Waals surface area contributed by atoms with Gasteiger partial charge in [0.1, 0.15) is 9.90 Å². The van der Waals surface area contributed by atoms with Crippen LogP contribution in [0, 0.1) is 0 Å². The molecule has 1 rings (SSSR count). The van der Waals surface area contributed by atoms with Gasteiger partial charge in [0.15, 0.2) is 15.7 Å². The normalized spacial score (nSPS) is 12.7. The van der Waals surface area contributed by atoms with Crippen LogP contribution in [-0.4, -0.2) is 42.8 Å². The number of likely N-dealkylation sites (N-methyl/N-ethyl adjacent to an activating group) is 1. The maximum Gasteiger partial charge on any atom is 0.182 e. The van der Waals surface area contributed by atoms with Gasteiger partial charge in [0.2, 0.25) is 0 Å². The second kappa shape index (κ2) is 5.02. The SMILES string of the molecule is CCN(CC(C)(C)O)c1snc(N)c1S(C)(=O)=O. The van der Waals surface area contributed by atoms with Crippen molar-refractivity contribution < 1.29 is 13.5 Å². The molecule has 18 heavy (non-hydrogen) atoms. The summed E-state index contributed by atoms with van der Waals surface area (Å²) in [6, 6.07) is 0. The highest BCUT2D eigenvalue weighted by Gasteiger charge is 2.27. The highest BCUT2D eigenvalue weighted by molar-refractivity contribution is 7.91. The monoisotopic (exact) mass is 293 g/mol. The summed E-state index contributed by atoms with van der Waals surface area (Å²) < 4.78 is 27.3. The van der Waals surface area contributed by atoms with Gasteiger partial charge in [-0.3, -0.25) is 0 Å². The lowest BCUT2D eigenvalue weighted by molar-refractivity contribution is 0.0876. The first-order chi connectivity index (χ1) is 8.06. The third kappa shape index (κ3) is 3.56. The first-order valence-corrected chi connectivity index (χ1v) is 8.15. The number of aromatic nitrogens is 1. The molecule has 0 saturated carbocycles. The van der Waals surface area contributed by atoms with Gasteiger partial charge in [0.25, 0.3) is 0 Å². The van der Waals surface area contributed by atoms with E-state index < -0.39 is 15.4 Å². The Morgan fingerprint density at radius 2 is 2.06 bits per heavy atom. The Morgan fingerprint density at radius 1 is 1.50 bits per heavy atom. The summed E-state index contributed by atoms with van der Waals surface area (Å²) in [5.41, 5.74) is 4.69. The van der Waals surface area contributed by atoms with Crippen molar-refractivity contribution in [3.05, 3.63) is 0 Å². The number of nitrogens with zero attached hydrogens (tertiary/aromatic N) is 2. The summed E-state index contributed by atoms with van der Waals surface area (Å²) in [6.07, 6.45) is 1.11. The highest BCUT2D eigenvalue weighted by Crippen LogP contribution is 2.35. The molecule has 0 fully saturated rings. The zero-order chi connectivity index (χ0) is 14.1. The third-order valence-electron chi connectivity index (χ3n) is 2.27. The zero-order valence-electron chi connectivity index (χ0n) is 11.0.